The van der Waals surface area contributed by atoms with Crippen molar-refractivity contribution in [1.82, 2.24) is 4.57 Å². The Balaban J connectivity index is 1.60. The van der Waals surface area contributed by atoms with Crippen molar-refractivity contribution in [2.75, 3.05) is 0 Å². The number of rotatable bonds is 4. The minimum atomic E-state index is -0.247. The van der Waals surface area contributed by atoms with Crippen molar-refractivity contribution >= 4 is 0 Å². The fraction of sp³-hybridized carbons (Fsp3) is 0.444. The molecule has 0 bridgehead atoms. The molecular formula is C18H23NO. The van der Waals surface area contributed by atoms with Crippen molar-refractivity contribution in [3.8, 4) is 0 Å². The molecule has 3 rings (SSSR count). The molecule has 2 nitrogen and oxygen atoms in total. The van der Waals surface area contributed by atoms with Crippen LogP contribution in [0.25, 0.3) is 0 Å². The zero-order valence-corrected chi connectivity index (χ0v) is 12.0. The highest BCUT2D eigenvalue weighted by Crippen LogP contribution is 2.29. The van der Waals surface area contributed by atoms with Gasteiger partial charge in [-0.1, -0.05) is 36.8 Å². The maximum absolute atomic E-state index is 10.1. The van der Waals surface area contributed by atoms with Gasteiger partial charge in [-0.05, 0) is 43.2 Å². The molecule has 0 fully saturated rings. The summed E-state index contributed by atoms with van der Waals surface area (Å²) < 4.78 is 2.27. The summed E-state index contributed by atoms with van der Waals surface area (Å²) in [5, 5.41) is 10.1. The van der Waals surface area contributed by atoms with Gasteiger partial charge in [-0.2, -0.15) is 0 Å². The van der Waals surface area contributed by atoms with Crippen molar-refractivity contribution in [1.29, 1.82) is 0 Å². The second-order valence-corrected chi connectivity index (χ2v) is 5.83. The third-order valence-corrected chi connectivity index (χ3v) is 4.25. The van der Waals surface area contributed by atoms with E-state index in [1.165, 1.54) is 23.1 Å². The van der Waals surface area contributed by atoms with Gasteiger partial charge in [0.15, 0.2) is 0 Å². The number of aromatic nitrogens is 1. The average Bonchev–Trinajstić information content (AvgIpc) is 2.80. The van der Waals surface area contributed by atoms with Crippen LogP contribution in [0.2, 0.25) is 0 Å². The van der Waals surface area contributed by atoms with Crippen molar-refractivity contribution in [2.45, 2.75) is 51.2 Å². The van der Waals surface area contributed by atoms with Crippen molar-refractivity contribution in [3.63, 3.8) is 0 Å². The Kier molecular flexibility index (Phi) is 4.22. The summed E-state index contributed by atoms with van der Waals surface area (Å²) >= 11 is 0. The number of hydrogen-bond donors (Lipinski definition) is 1. The van der Waals surface area contributed by atoms with E-state index in [0.717, 1.165) is 38.6 Å². The quantitative estimate of drug-likeness (QED) is 0.837. The number of benzene rings is 1. The molecule has 0 saturated heterocycles. The van der Waals surface area contributed by atoms with Gasteiger partial charge in [0.05, 0.1) is 6.10 Å². The highest BCUT2D eigenvalue weighted by molar-refractivity contribution is 5.28. The van der Waals surface area contributed by atoms with Gasteiger partial charge in [0.25, 0.3) is 0 Å². The molecule has 1 aromatic heterocycles. The molecule has 0 amide bonds. The summed E-state index contributed by atoms with van der Waals surface area (Å²) in [4.78, 5) is 0. The third kappa shape index (κ3) is 3.13. The summed E-state index contributed by atoms with van der Waals surface area (Å²) in [6.07, 6.45) is 10.8. The van der Waals surface area contributed by atoms with E-state index >= 15 is 0 Å². The molecule has 2 heteroatoms. The minimum Gasteiger partial charge on any atom is -0.388 e. The molecule has 1 aromatic carbocycles. The second-order valence-electron chi connectivity index (χ2n) is 5.83. The van der Waals surface area contributed by atoms with E-state index in [4.69, 9.17) is 0 Å². The Morgan fingerprint density at radius 2 is 1.95 bits per heavy atom. The normalized spacial score (nSPS) is 18.6. The van der Waals surface area contributed by atoms with Gasteiger partial charge < -0.3 is 9.67 Å². The second kappa shape index (κ2) is 6.27. The van der Waals surface area contributed by atoms with E-state index in [2.05, 4.69) is 47.3 Å². The molecule has 20 heavy (non-hydrogen) atoms. The summed E-state index contributed by atoms with van der Waals surface area (Å²) in [6.45, 7) is 1.04. The summed E-state index contributed by atoms with van der Waals surface area (Å²) in [6, 6.07) is 10.6. The average molecular weight is 269 g/mol. The Labute approximate surface area is 121 Å². The van der Waals surface area contributed by atoms with Crippen LogP contribution in [0, 0.1) is 0 Å². The van der Waals surface area contributed by atoms with Gasteiger partial charge in [-0.3, -0.25) is 0 Å². The first kappa shape index (κ1) is 13.4. The number of fused-ring (bicyclic) bond motifs is 1. The van der Waals surface area contributed by atoms with Crippen LogP contribution in [0.3, 0.4) is 0 Å². The van der Waals surface area contributed by atoms with E-state index in [9.17, 15) is 5.11 Å². The third-order valence-electron chi connectivity index (χ3n) is 4.25. The van der Waals surface area contributed by atoms with Crippen molar-refractivity contribution in [2.24, 2.45) is 0 Å². The molecule has 2 aromatic rings. The first-order valence-corrected chi connectivity index (χ1v) is 7.73. The fourth-order valence-electron chi connectivity index (χ4n) is 3.13. The van der Waals surface area contributed by atoms with Gasteiger partial charge in [-0.15, -0.1) is 0 Å². The lowest BCUT2D eigenvalue weighted by Gasteiger charge is -2.06. The maximum Gasteiger partial charge on any atom is 0.0807 e. The van der Waals surface area contributed by atoms with Crippen LogP contribution in [0.1, 0.15) is 48.5 Å². The zero-order chi connectivity index (χ0) is 13.8. The molecule has 1 aliphatic rings. The molecule has 1 N–H and O–H groups in total. The first-order valence-electron chi connectivity index (χ1n) is 7.73. The maximum atomic E-state index is 10.1. The molecule has 106 valence electrons. The van der Waals surface area contributed by atoms with Crippen LogP contribution >= 0.6 is 0 Å². The molecule has 0 saturated carbocycles. The van der Waals surface area contributed by atoms with Crippen LogP contribution < -0.4 is 0 Å². The van der Waals surface area contributed by atoms with Gasteiger partial charge in [0.1, 0.15) is 0 Å². The predicted molar refractivity (Wildman–Crippen MR) is 81.7 cm³/mol. The lowest BCUT2D eigenvalue weighted by atomic mass is 10.1. The SMILES string of the molecule is OC1CCCCc2cn(CCCc3ccccc3)cc21. The van der Waals surface area contributed by atoms with Crippen molar-refractivity contribution in [3.05, 3.63) is 59.4 Å². The van der Waals surface area contributed by atoms with E-state index < -0.39 is 0 Å². The van der Waals surface area contributed by atoms with E-state index in [0.29, 0.717) is 0 Å². The molecule has 1 aliphatic carbocycles. The van der Waals surface area contributed by atoms with Gasteiger partial charge in [0.2, 0.25) is 0 Å². The standard InChI is InChI=1S/C18H23NO/c20-18-11-5-4-10-16-13-19(14-17(16)18)12-6-9-15-7-2-1-3-8-15/h1-3,7-8,13-14,18,20H,4-6,9-12H2. The molecule has 1 unspecified atom stereocenters. The molecule has 1 heterocycles. The molecule has 1 atom stereocenters. The van der Waals surface area contributed by atoms with Gasteiger partial charge in [-0.25, -0.2) is 0 Å². The topological polar surface area (TPSA) is 25.2 Å². The van der Waals surface area contributed by atoms with Crippen LogP contribution in [0.5, 0.6) is 0 Å². The predicted octanol–water partition coefficient (Wildman–Crippen LogP) is 3.88. The lowest BCUT2D eigenvalue weighted by molar-refractivity contribution is 0.166. The lowest BCUT2D eigenvalue weighted by Crippen LogP contribution is -1.98. The molecule has 0 radical (unpaired) electrons. The van der Waals surface area contributed by atoms with Crippen LogP contribution in [0.4, 0.5) is 0 Å². The fourth-order valence-corrected chi connectivity index (χ4v) is 3.13. The molecular weight excluding hydrogens is 246 g/mol. The highest BCUT2D eigenvalue weighted by atomic mass is 16.3. The molecule has 0 aliphatic heterocycles. The van der Waals surface area contributed by atoms with Crippen molar-refractivity contribution < 1.29 is 5.11 Å². The monoisotopic (exact) mass is 269 g/mol. The Morgan fingerprint density at radius 3 is 2.80 bits per heavy atom. The summed E-state index contributed by atoms with van der Waals surface area (Å²) in [7, 11) is 0. The number of aliphatic hydroxyl groups is 1. The van der Waals surface area contributed by atoms with E-state index in [1.54, 1.807) is 0 Å². The Morgan fingerprint density at radius 1 is 1.10 bits per heavy atom. The van der Waals surface area contributed by atoms with Gasteiger partial charge >= 0.3 is 0 Å². The van der Waals surface area contributed by atoms with Crippen LogP contribution in [0.15, 0.2) is 42.7 Å². The zero-order valence-electron chi connectivity index (χ0n) is 12.0. The van der Waals surface area contributed by atoms with E-state index in [-0.39, 0.29) is 6.10 Å². The Bertz CT molecular complexity index is 544. The molecule has 0 spiro atoms. The van der Waals surface area contributed by atoms with Crippen LogP contribution in [-0.4, -0.2) is 9.67 Å². The largest absolute Gasteiger partial charge is 0.388 e. The highest BCUT2D eigenvalue weighted by Gasteiger charge is 2.18. The number of hydrogen-bond acceptors (Lipinski definition) is 1. The van der Waals surface area contributed by atoms with Gasteiger partial charge in [0, 0.05) is 24.5 Å². The van der Waals surface area contributed by atoms with E-state index in [1.807, 2.05) is 0 Å². The number of nitrogens with zero attached hydrogens (tertiary/aromatic N) is 1. The number of aryl methyl sites for hydroxylation is 3. The first-order chi connectivity index (χ1) is 9.83. The summed E-state index contributed by atoms with van der Waals surface area (Å²) in [5.41, 5.74) is 3.93. The smallest absolute Gasteiger partial charge is 0.0807 e. The van der Waals surface area contributed by atoms with Crippen LogP contribution in [-0.2, 0) is 19.4 Å². The Hall–Kier alpha value is -1.54. The summed E-state index contributed by atoms with van der Waals surface area (Å²) in [5.74, 6) is 0. The number of aliphatic hydroxyl groups excluding tert-OH is 1. The minimum absolute atomic E-state index is 0.247.